The maximum atomic E-state index is 10.6. The maximum absolute atomic E-state index is 10.6. The topological polar surface area (TPSA) is 106 Å². The average molecular weight is 577 g/mol. The molecule has 1 saturated carbocycles. The van der Waals surface area contributed by atoms with Crippen LogP contribution in [0.1, 0.15) is 103 Å². The molecule has 0 radical (unpaired) electrons. The summed E-state index contributed by atoms with van der Waals surface area (Å²) < 4.78 is 13.5. The fourth-order valence-electron chi connectivity index (χ4n) is 9.90. The number of hydrogen-bond donors (Lipinski definition) is 2. The van der Waals surface area contributed by atoms with Gasteiger partial charge in [-0.2, -0.15) is 10.5 Å². The number of nitrogens with zero attached hydrogens (tertiary/aromatic N) is 2. The van der Waals surface area contributed by atoms with Gasteiger partial charge in [-0.1, -0.05) is 55.4 Å². The zero-order valence-corrected chi connectivity index (χ0v) is 26.4. The summed E-state index contributed by atoms with van der Waals surface area (Å²) in [6.07, 6.45) is 2.00. The molecule has 5 unspecified atom stereocenters. The minimum Gasteiger partial charge on any atom is -0.504 e. The van der Waals surface area contributed by atoms with Crippen molar-refractivity contribution in [2.45, 2.75) is 110 Å². The van der Waals surface area contributed by atoms with Crippen molar-refractivity contribution in [2.75, 3.05) is 0 Å². The van der Waals surface area contributed by atoms with E-state index >= 15 is 0 Å². The van der Waals surface area contributed by atoms with E-state index < -0.39 is 12.2 Å². The predicted molar refractivity (Wildman–Crippen MR) is 163 cm³/mol. The van der Waals surface area contributed by atoms with E-state index in [2.05, 4.69) is 79.7 Å². The Kier molecular flexibility index (Phi) is 5.30. The van der Waals surface area contributed by atoms with E-state index in [1.54, 1.807) is 12.1 Å². The van der Waals surface area contributed by atoms with E-state index in [0.29, 0.717) is 22.6 Å². The van der Waals surface area contributed by atoms with Gasteiger partial charge in [-0.3, -0.25) is 0 Å². The predicted octanol–water partition coefficient (Wildman–Crippen LogP) is 7.76. The van der Waals surface area contributed by atoms with E-state index in [-0.39, 0.29) is 38.6 Å². The molecule has 2 aromatic carbocycles. The van der Waals surface area contributed by atoms with Gasteiger partial charge in [-0.05, 0) is 94.2 Å². The first kappa shape index (κ1) is 27.9. The van der Waals surface area contributed by atoms with Crippen LogP contribution < -0.4 is 9.47 Å². The lowest BCUT2D eigenvalue weighted by Crippen LogP contribution is -2.58. The third kappa shape index (κ3) is 3.07. The second kappa shape index (κ2) is 8.17. The van der Waals surface area contributed by atoms with Crippen LogP contribution in [-0.4, -0.2) is 22.4 Å². The molecule has 1 heterocycles. The first-order valence-electron chi connectivity index (χ1n) is 15.5. The second-order valence-corrected chi connectivity index (χ2v) is 15.2. The van der Waals surface area contributed by atoms with Crippen LogP contribution in [0.5, 0.6) is 23.0 Å². The summed E-state index contributed by atoms with van der Waals surface area (Å²) in [4.78, 5) is 0. The summed E-state index contributed by atoms with van der Waals surface area (Å²) >= 11 is 0. The summed E-state index contributed by atoms with van der Waals surface area (Å²) in [6, 6.07) is 12.6. The molecule has 1 spiro atoms. The Hall–Kier alpha value is -3.90. The van der Waals surface area contributed by atoms with Gasteiger partial charge in [0.05, 0.1) is 23.3 Å². The van der Waals surface area contributed by atoms with Gasteiger partial charge >= 0.3 is 0 Å². The molecule has 7 rings (SSSR count). The molecule has 0 aromatic heterocycles. The molecule has 6 heteroatoms. The normalized spacial score (nSPS) is 33.6. The second-order valence-electron chi connectivity index (χ2n) is 15.2. The standard InChI is InChI=1S/C37H40N2O4/c1-9-35(7)29-19(15-38)31-32(20(16-39)30(29)36(35,8)10-2)43-28-14-24-22(13-27(28)42-31)34(5,6)18-37(24)17-33(3,4)21-11-25(40)26(41)12-23(21)37/h11-14,31-32,40-41H,9-10,17-18H2,1-8H3. The quantitative estimate of drug-likeness (QED) is 0.354. The molecule has 4 aliphatic carbocycles. The lowest BCUT2D eigenvalue weighted by atomic mass is 9.40. The summed E-state index contributed by atoms with van der Waals surface area (Å²) in [6.45, 7) is 17.6. The molecule has 5 aliphatic rings. The van der Waals surface area contributed by atoms with Crippen molar-refractivity contribution in [3.63, 3.8) is 0 Å². The fourth-order valence-corrected chi connectivity index (χ4v) is 9.90. The Labute approximate surface area is 254 Å². The Bertz CT molecular complexity index is 1800. The highest BCUT2D eigenvalue weighted by Crippen LogP contribution is 2.71. The molecule has 1 aliphatic heterocycles. The summed E-state index contributed by atoms with van der Waals surface area (Å²) in [5, 5.41) is 42.1. The van der Waals surface area contributed by atoms with E-state index in [1.165, 1.54) is 0 Å². The number of rotatable bonds is 2. The van der Waals surface area contributed by atoms with Gasteiger partial charge in [0, 0.05) is 16.2 Å². The molecule has 222 valence electrons. The van der Waals surface area contributed by atoms with Crippen molar-refractivity contribution < 1.29 is 19.7 Å². The van der Waals surface area contributed by atoms with Crippen molar-refractivity contribution in [3.8, 4) is 35.1 Å². The van der Waals surface area contributed by atoms with Gasteiger partial charge in [-0.15, -0.1) is 0 Å². The van der Waals surface area contributed by atoms with Crippen LogP contribution in [0.3, 0.4) is 0 Å². The van der Waals surface area contributed by atoms with Crippen LogP contribution in [0.15, 0.2) is 46.6 Å². The van der Waals surface area contributed by atoms with Crippen LogP contribution in [0.25, 0.3) is 0 Å². The lowest BCUT2D eigenvalue weighted by molar-refractivity contribution is 0.0318. The molecule has 0 saturated heterocycles. The summed E-state index contributed by atoms with van der Waals surface area (Å²) in [5.41, 5.74) is 6.19. The van der Waals surface area contributed by atoms with E-state index in [1.807, 2.05) is 0 Å². The number of phenols is 2. The minimum atomic E-state index is -0.699. The molecular formula is C37H40N2O4. The molecule has 0 bridgehead atoms. The van der Waals surface area contributed by atoms with Crippen LogP contribution in [0.4, 0.5) is 0 Å². The van der Waals surface area contributed by atoms with E-state index in [4.69, 9.17) is 9.47 Å². The third-order valence-electron chi connectivity index (χ3n) is 12.3. The van der Waals surface area contributed by atoms with Crippen LogP contribution >= 0.6 is 0 Å². The van der Waals surface area contributed by atoms with Crippen LogP contribution in [0, 0.1) is 33.5 Å². The number of phenolic OH excluding ortho intramolecular Hbond substituents is 2. The highest BCUT2D eigenvalue weighted by molar-refractivity contribution is 5.70. The van der Waals surface area contributed by atoms with Crippen LogP contribution in [0.2, 0.25) is 0 Å². The lowest BCUT2D eigenvalue weighted by Gasteiger charge is -2.63. The van der Waals surface area contributed by atoms with Crippen molar-refractivity contribution in [1.29, 1.82) is 10.5 Å². The monoisotopic (exact) mass is 576 g/mol. The van der Waals surface area contributed by atoms with E-state index in [0.717, 1.165) is 59.1 Å². The molecule has 0 amide bonds. The summed E-state index contributed by atoms with van der Waals surface area (Å²) in [7, 11) is 0. The molecular weight excluding hydrogens is 536 g/mol. The molecule has 43 heavy (non-hydrogen) atoms. The maximum Gasteiger partial charge on any atom is 0.176 e. The van der Waals surface area contributed by atoms with Crippen LogP contribution in [-0.2, 0) is 16.2 Å². The van der Waals surface area contributed by atoms with Crippen molar-refractivity contribution in [3.05, 3.63) is 68.8 Å². The first-order chi connectivity index (χ1) is 20.1. The Morgan fingerprint density at radius 3 is 1.47 bits per heavy atom. The minimum absolute atomic E-state index is 0.0982. The van der Waals surface area contributed by atoms with Gasteiger partial charge in [0.2, 0.25) is 0 Å². The zero-order chi connectivity index (χ0) is 31.1. The Morgan fingerprint density at radius 2 is 1.05 bits per heavy atom. The van der Waals surface area contributed by atoms with Crippen molar-refractivity contribution >= 4 is 0 Å². The van der Waals surface area contributed by atoms with Gasteiger partial charge in [0.15, 0.2) is 35.2 Å². The first-order valence-corrected chi connectivity index (χ1v) is 15.5. The summed E-state index contributed by atoms with van der Waals surface area (Å²) in [5.74, 6) is 0.969. The SMILES string of the molecule is CCC1(C)C2=C(C#N)C3Oc4cc5c(cc4OC3C(C#N)=C2C1(C)CC)C1(CC(C)(C)c2cc(O)c(O)cc21)CC5(C)C. The number of fused-ring (bicyclic) bond motifs is 7. The van der Waals surface area contributed by atoms with Gasteiger partial charge < -0.3 is 19.7 Å². The van der Waals surface area contributed by atoms with E-state index in [9.17, 15) is 20.7 Å². The molecule has 2 N–H and O–H groups in total. The number of hydrogen-bond acceptors (Lipinski definition) is 6. The Balaban J connectivity index is 1.42. The molecule has 6 nitrogen and oxygen atoms in total. The average Bonchev–Trinajstić information content (AvgIpc) is 3.31. The number of allylic oxidation sites excluding steroid dienone is 2. The fraction of sp³-hybridized carbons (Fsp3) is 0.514. The third-order valence-corrected chi connectivity index (χ3v) is 12.3. The van der Waals surface area contributed by atoms with Crippen molar-refractivity contribution in [1.82, 2.24) is 0 Å². The molecule has 5 atom stereocenters. The molecule has 1 fully saturated rings. The zero-order valence-electron chi connectivity index (χ0n) is 26.4. The van der Waals surface area contributed by atoms with Gasteiger partial charge in [0.25, 0.3) is 0 Å². The molecule has 2 aromatic rings. The largest absolute Gasteiger partial charge is 0.504 e. The van der Waals surface area contributed by atoms with Crippen molar-refractivity contribution in [2.24, 2.45) is 10.8 Å². The highest BCUT2D eigenvalue weighted by Gasteiger charge is 2.65. The number of nitriles is 2. The number of aromatic hydroxyl groups is 2. The van der Waals surface area contributed by atoms with Gasteiger partial charge in [0.1, 0.15) is 0 Å². The smallest absolute Gasteiger partial charge is 0.176 e. The number of benzene rings is 2. The number of ether oxygens (including phenoxy) is 2. The highest BCUT2D eigenvalue weighted by atomic mass is 16.6. The van der Waals surface area contributed by atoms with Gasteiger partial charge in [-0.25, -0.2) is 0 Å². The Morgan fingerprint density at radius 1 is 0.674 bits per heavy atom.